The summed E-state index contributed by atoms with van der Waals surface area (Å²) in [5.74, 6) is -1.71. The Bertz CT molecular complexity index is 1350. The second kappa shape index (κ2) is 12.5. The summed E-state index contributed by atoms with van der Waals surface area (Å²) in [5, 5.41) is 2.49. The Labute approximate surface area is 220 Å². The lowest BCUT2D eigenvalue weighted by Crippen LogP contribution is -2.50. The van der Waals surface area contributed by atoms with E-state index in [0.29, 0.717) is 17.9 Å². The highest BCUT2D eigenvalue weighted by atomic mass is 32.2. The summed E-state index contributed by atoms with van der Waals surface area (Å²) >= 11 is 0. The summed E-state index contributed by atoms with van der Waals surface area (Å²) in [6.45, 7) is 3.00. The lowest BCUT2D eigenvalue weighted by atomic mass is 10.1. The maximum atomic E-state index is 13.6. The number of rotatable bonds is 11. The predicted molar refractivity (Wildman–Crippen MR) is 139 cm³/mol. The molecule has 0 aromatic heterocycles. The molecule has 3 aromatic carbocycles. The van der Waals surface area contributed by atoms with Crippen molar-refractivity contribution in [3.63, 3.8) is 0 Å². The van der Waals surface area contributed by atoms with Gasteiger partial charge in [0.25, 0.3) is 10.0 Å². The number of carbonyl (C=O) groups is 2. The van der Waals surface area contributed by atoms with Crippen LogP contribution in [-0.4, -0.2) is 51.4 Å². The molecule has 38 heavy (non-hydrogen) atoms. The summed E-state index contributed by atoms with van der Waals surface area (Å²) in [6.07, 6.45) is 0. The van der Waals surface area contributed by atoms with E-state index in [0.717, 1.165) is 28.6 Å². The van der Waals surface area contributed by atoms with Crippen LogP contribution in [-0.2, 0) is 26.2 Å². The van der Waals surface area contributed by atoms with Gasteiger partial charge in [-0.1, -0.05) is 12.1 Å². The number of nitrogens with zero attached hydrogens (tertiary/aromatic N) is 2. The number of benzene rings is 3. The van der Waals surface area contributed by atoms with Gasteiger partial charge in [0.05, 0.1) is 17.2 Å². The molecule has 3 rings (SSSR count). The zero-order valence-electron chi connectivity index (χ0n) is 21.2. The minimum absolute atomic E-state index is 0.0680. The first-order valence-electron chi connectivity index (χ1n) is 11.8. The summed E-state index contributed by atoms with van der Waals surface area (Å²) in [5.41, 5.74) is 0.713. The molecule has 2 amide bonds. The van der Waals surface area contributed by atoms with E-state index in [9.17, 15) is 26.8 Å². The van der Waals surface area contributed by atoms with Crippen molar-refractivity contribution >= 4 is 27.5 Å². The standard InChI is InChI=1S/C27H29F2N3O5S/c1-4-37-24-13-11-23(12-14-24)32(38(35,36)25-15-9-22(29)10-16-25)18-26(33)31(19(2)27(34)30-3)17-20-5-7-21(28)8-6-20/h5-16,19H,4,17-18H2,1-3H3,(H,30,34)/t19-/m1/s1. The molecule has 202 valence electrons. The number of likely N-dealkylation sites (N-methyl/N-ethyl adjacent to an activating group) is 1. The van der Waals surface area contributed by atoms with Crippen LogP contribution in [0.1, 0.15) is 19.4 Å². The third-order valence-corrected chi connectivity index (χ3v) is 7.58. The van der Waals surface area contributed by atoms with Crippen molar-refractivity contribution in [2.24, 2.45) is 0 Å². The monoisotopic (exact) mass is 545 g/mol. The maximum absolute atomic E-state index is 13.6. The minimum atomic E-state index is -4.33. The molecule has 0 aliphatic heterocycles. The highest BCUT2D eigenvalue weighted by molar-refractivity contribution is 7.92. The van der Waals surface area contributed by atoms with Gasteiger partial charge in [-0.2, -0.15) is 0 Å². The summed E-state index contributed by atoms with van der Waals surface area (Å²) in [4.78, 5) is 27.1. The fourth-order valence-corrected chi connectivity index (χ4v) is 5.13. The van der Waals surface area contributed by atoms with Crippen LogP contribution in [0.5, 0.6) is 5.75 Å². The molecule has 0 saturated carbocycles. The second-order valence-electron chi connectivity index (χ2n) is 8.33. The van der Waals surface area contributed by atoms with Gasteiger partial charge in [0.1, 0.15) is 30.0 Å². The fourth-order valence-electron chi connectivity index (χ4n) is 3.72. The lowest BCUT2D eigenvalue weighted by Gasteiger charge is -2.31. The molecule has 0 aliphatic rings. The topological polar surface area (TPSA) is 96.0 Å². The molecule has 0 saturated heterocycles. The van der Waals surface area contributed by atoms with Gasteiger partial charge >= 0.3 is 0 Å². The molecular formula is C27H29F2N3O5S. The summed E-state index contributed by atoms with van der Waals surface area (Å²) < 4.78 is 60.6. The normalized spacial score (nSPS) is 11.9. The van der Waals surface area contributed by atoms with E-state index in [-0.39, 0.29) is 17.1 Å². The minimum Gasteiger partial charge on any atom is -0.494 e. The van der Waals surface area contributed by atoms with Crippen LogP contribution in [0.2, 0.25) is 0 Å². The Morgan fingerprint density at radius 2 is 1.47 bits per heavy atom. The van der Waals surface area contributed by atoms with E-state index in [4.69, 9.17) is 4.74 Å². The number of amides is 2. The van der Waals surface area contributed by atoms with Gasteiger partial charge in [-0.15, -0.1) is 0 Å². The molecule has 0 heterocycles. The average Bonchev–Trinajstić information content (AvgIpc) is 2.91. The molecule has 0 aliphatic carbocycles. The molecule has 0 radical (unpaired) electrons. The van der Waals surface area contributed by atoms with E-state index in [1.165, 1.54) is 55.3 Å². The van der Waals surface area contributed by atoms with Crippen molar-refractivity contribution < 1.29 is 31.5 Å². The second-order valence-corrected chi connectivity index (χ2v) is 10.2. The molecule has 3 aromatic rings. The Hall–Kier alpha value is -3.99. The third kappa shape index (κ3) is 6.86. The number of halogens is 2. The maximum Gasteiger partial charge on any atom is 0.264 e. The average molecular weight is 546 g/mol. The van der Waals surface area contributed by atoms with Gasteiger partial charge in [-0.05, 0) is 80.1 Å². The first-order valence-corrected chi connectivity index (χ1v) is 13.3. The van der Waals surface area contributed by atoms with Crippen molar-refractivity contribution in [1.82, 2.24) is 10.2 Å². The fraction of sp³-hybridized carbons (Fsp3) is 0.259. The van der Waals surface area contributed by atoms with E-state index in [2.05, 4.69) is 5.32 Å². The summed E-state index contributed by atoms with van der Waals surface area (Å²) in [6, 6.07) is 14.8. The number of ether oxygens (including phenoxy) is 1. The molecule has 0 spiro atoms. The molecule has 1 atom stereocenters. The zero-order chi connectivity index (χ0) is 27.9. The van der Waals surface area contributed by atoms with Gasteiger partial charge < -0.3 is 15.0 Å². The predicted octanol–water partition coefficient (Wildman–Crippen LogP) is 3.72. The number of carbonyl (C=O) groups excluding carboxylic acids is 2. The highest BCUT2D eigenvalue weighted by Crippen LogP contribution is 2.27. The molecule has 0 fully saturated rings. The van der Waals surface area contributed by atoms with Crippen molar-refractivity contribution in [3.05, 3.63) is 90.0 Å². The third-order valence-electron chi connectivity index (χ3n) is 5.80. The Kier molecular flexibility index (Phi) is 9.40. The molecule has 11 heteroatoms. The Morgan fingerprint density at radius 1 is 0.921 bits per heavy atom. The molecule has 1 N–H and O–H groups in total. The lowest BCUT2D eigenvalue weighted by molar-refractivity contribution is -0.139. The first-order chi connectivity index (χ1) is 18.1. The van der Waals surface area contributed by atoms with Gasteiger partial charge in [0.15, 0.2) is 0 Å². The van der Waals surface area contributed by atoms with Crippen molar-refractivity contribution in [2.45, 2.75) is 31.3 Å². The van der Waals surface area contributed by atoms with Crippen molar-refractivity contribution in [3.8, 4) is 5.75 Å². The van der Waals surface area contributed by atoms with Gasteiger partial charge in [-0.3, -0.25) is 13.9 Å². The number of sulfonamides is 1. The van der Waals surface area contributed by atoms with E-state index in [1.54, 1.807) is 19.1 Å². The van der Waals surface area contributed by atoms with Gasteiger partial charge in [-0.25, -0.2) is 17.2 Å². The van der Waals surface area contributed by atoms with Crippen molar-refractivity contribution in [1.29, 1.82) is 0 Å². The number of hydrogen-bond donors (Lipinski definition) is 1. The zero-order valence-corrected chi connectivity index (χ0v) is 22.0. The molecule has 0 unspecified atom stereocenters. The van der Waals surface area contributed by atoms with Crippen LogP contribution in [0.3, 0.4) is 0 Å². The van der Waals surface area contributed by atoms with Crippen LogP contribution in [0.15, 0.2) is 77.7 Å². The number of hydrogen-bond acceptors (Lipinski definition) is 5. The summed E-state index contributed by atoms with van der Waals surface area (Å²) in [7, 11) is -2.91. The van der Waals surface area contributed by atoms with Gasteiger partial charge in [0, 0.05) is 13.6 Å². The van der Waals surface area contributed by atoms with Crippen LogP contribution in [0, 0.1) is 11.6 Å². The molecular weight excluding hydrogens is 516 g/mol. The molecule has 8 nitrogen and oxygen atoms in total. The van der Waals surface area contributed by atoms with Crippen LogP contribution in [0.25, 0.3) is 0 Å². The van der Waals surface area contributed by atoms with E-state index < -0.39 is 46.1 Å². The Balaban J connectivity index is 2.02. The number of nitrogens with one attached hydrogen (secondary N) is 1. The van der Waals surface area contributed by atoms with Crippen molar-refractivity contribution in [2.75, 3.05) is 24.5 Å². The SMILES string of the molecule is CCOc1ccc(N(CC(=O)N(Cc2ccc(F)cc2)[C@H](C)C(=O)NC)S(=O)(=O)c2ccc(F)cc2)cc1. The largest absolute Gasteiger partial charge is 0.494 e. The van der Waals surface area contributed by atoms with E-state index in [1.807, 2.05) is 0 Å². The van der Waals surface area contributed by atoms with Gasteiger partial charge in [0.2, 0.25) is 11.8 Å². The molecule has 0 bridgehead atoms. The van der Waals surface area contributed by atoms with E-state index >= 15 is 0 Å². The smallest absolute Gasteiger partial charge is 0.264 e. The quantitative estimate of drug-likeness (QED) is 0.396. The highest BCUT2D eigenvalue weighted by Gasteiger charge is 2.32. The number of anilines is 1. The van der Waals surface area contributed by atoms with Crippen LogP contribution < -0.4 is 14.4 Å². The first kappa shape index (κ1) is 28.6. The van der Waals surface area contributed by atoms with Crippen LogP contribution >= 0.6 is 0 Å². The Morgan fingerprint density at radius 3 is 2.00 bits per heavy atom. The van der Waals surface area contributed by atoms with Crippen LogP contribution in [0.4, 0.5) is 14.5 Å².